The van der Waals surface area contributed by atoms with E-state index in [2.05, 4.69) is 5.32 Å². The van der Waals surface area contributed by atoms with Crippen molar-refractivity contribution in [3.8, 4) is 0 Å². The second-order valence-electron chi connectivity index (χ2n) is 4.44. The maximum Gasteiger partial charge on any atom is 0.220 e. The number of hydrogen-bond acceptors (Lipinski definition) is 2. The van der Waals surface area contributed by atoms with E-state index in [1.807, 2.05) is 0 Å². The van der Waals surface area contributed by atoms with Gasteiger partial charge in [0.15, 0.2) is 0 Å². The first-order valence-electron chi connectivity index (χ1n) is 5.14. The number of nitrogens with one attached hydrogen (secondary N) is 1. The number of carbonyl (C=O) groups is 1. The number of hydrogen-bond donors (Lipinski definition) is 2. The summed E-state index contributed by atoms with van der Waals surface area (Å²) in [7, 11) is 0. The molecule has 0 radical (unpaired) electrons. The van der Waals surface area contributed by atoms with Gasteiger partial charge in [-0.15, -0.1) is 0 Å². The summed E-state index contributed by atoms with van der Waals surface area (Å²) in [5.74, 6) is 0.514. The third kappa shape index (κ3) is 1.46. The number of aliphatic hydroxyl groups is 1. The van der Waals surface area contributed by atoms with E-state index >= 15 is 0 Å². The second kappa shape index (κ2) is 3.29. The summed E-state index contributed by atoms with van der Waals surface area (Å²) in [5, 5.41) is 12.2. The first-order chi connectivity index (χ1) is 6.27. The van der Waals surface area contributed by atoms with Gasteiger partial charge in [0.1, 0.15) is 0 Å². The fourth-order valence-corrected chi connectivity index (χ4v) is 2.85. The van der Waals surface area contributed by atoms with Gasteiger partial charge in [-0.1, -0.05) is 12.8 Å². The van der Waals surface area contributed by atoms with Crippen molar-refractivity contribution in [1.82, 2.24) is 5.32 Å². The Balaban J connectivity index is 2.13. The largest absolute Gasteiger partial charge is 0.396 e. The molecule has 2 fully saturated rings. The summed E-state index contributed by atoms with van der Waals surface area (Å²) in [6.45, 7) is 1.03. The maximum absolute atomic E-state index is 11.2. The third-order valence-corrected chi connectivity index (χ3v) is 3.71. The van der Waals surface area contributed by atoms with E-state index in [-0.39, 0.29) is 17.9 Å². The van der Waals surface area contributed by atoms with E-state index in [0.29, 0.717) is 12.3 Å². The molecule has 1 saturated carbocycles. The smallest absolute Gasteiger partial charge is 0.220 e. The molecule has 0 aromatic heterocycles. The van der Waals surface area contributed by atoms with E-state index in [1.54, 1.807) is 0 Å². The summed E-state index contributed by atoms with van der Waals surface area (Å²) < 4.78 is 0. The lowest BCUT2D eigenvalue weighted by Gasteiger charge is -2.39. The second-order valence-corrected chi connectivity index (χ2v) is 4.44. The zero-order chi connectivity index (χ0) is 9.31. The molecule has 2 rings (SSSR count). The number of amides is 1. The summed E-state index contributed by atoms with van der Waals surface area (Å²) >= 11 is 0. The zero-order valence-corrected chi connectivity index (χ0v) is 7.88. The highest BCUT2D eigenvalue weighted by Gasteiger charge is 2.45. The van der Waals surface area contributed by atoms with Crippen LogP contribution in [0.5, 0.6) is 0 Å². The summed E-state index contributed by atoms with van der Waals surface area (Å²) in [6.07, 6.45) is 5.26. The number of carbonyl (C=O) groups excluding carboxylic acids is 1. The van der Waals surface area contributed by atoms with Crippen molar-refractivity contribution in [3.63, 3.8) is 0 Å². The zero-order valence-electron chi connectivity index (χ0n) is 7.88. The Hall–Kier alpha value is -0.570. The molecule has 1 aliphatic heterocycles. The third-order valence-electron chi connectivity index (χ3n) is 3.71. The van der Waals surface area contributed by atoms with Gasteiger partial charge in [0.25, 0.3) is 0 Å². The van der Waals surface area contributed by atoms with Gasteiger partial charge in [-0.3, -0.25) is 4.79 Å². The molecule has 3 nitrogen and oxygen atoms in total. The van der Waals surface area contributed by atoms with Crippen molar-refractivity contribution in [2.45, 2.75) is 32.1 Å². The molecule has 0 bridgehead atoms. The lowest BCUT2D eigenvalue weighted by Crippen LogP contribution is -2.37. The van der Waals surface area contributed by atoms with Crippen LogP contribution in [-0.4, -0.2) is 24.2 Å². The molecule has 74 valence electrons. The van der Waals surface area contributed by atoms with E-state index in [0.717, 1.165) is 19.4 Å². The van der Waals surface area contributed by atoms with Crippen LogP contribution < -0.4 is 5.32 Å². The Kier molecular flexibility index (Phi) is 2.28. The van der Waals surface area contributed by atoms with Gasteiger partial charge >= 0.3 is 0 Å². The first-order valence-corrected chi connectivity index (χ1v) is 5.14. The molecule has 1 spiro atoms. The normalized spacial score (nSPS) is 39.5. The molecule has 2 aliphatic rings. The van der Waals surface area contributed by atoms with Crippen LogP contribution in [0.25, 0.3) is 0 Å². The monoisotopic (exact) mass is 183 g/mol. The Morgan fingerprint density at radius 1 is 1.54 bits per heavy atom. The van der Waals surface area contributed by atoms with Crippen molar-refractivity contribution in [2.24, 2.45) is 11.3 Å². The Morgan fingerprint density at radius 2 is 2.38 bits per heavy atom. The minimum Gasteiger partial charge on any atom is -0.396 e. The Bertz CT molecular complexity index is 217. The topological polar surface area (TPSA) is 49.3 Å². The van der Waals surface area contributed by atoms with Crippen LogP contribution in [0.15, 0.2) is 0 Å². The maximum atomic E-state index is 11.2. The van der Waals surface area contributed by atoms with Crippen molar-refractivity contribution < 1.29 is 9.90 Å². The SMILES string of the molecule is O=C1CC2(CCCCC2CO)CN1. The van der Waals surface area contributed by atoms with Gasteiger partial charge in [-0.2, -0.15) is 0 Å². The van der Waals surface area contributed by atoms with Gasteiger partial charge in [0, 0.05) is 25.0 Å². The van der Waals surface area contributed by atoms with Crippen LogP contribution in [0.4, 0.5) is 0 Å². The van der Waals surface area contributed by atoms with E-state index in [9.17, 15) is 9.90 Å². The fourth-order valence-electron chi connectivity index (χ4n) is 2.85. The number of rotatable bonds is 1. The quantitative estimate of drug-likeness (QED) is 0.628. The predicted molar refractivity (Wildman–Crippen MR) is 49.1 cm³/mol. The van der Waals surface area contributed by atoms with E-state index in [4.69, 9.17) is 0 Å². The van der Waals surface area contributed by atoms with E-state index < -0.39 is 0 Å². The van der Waals surface area contributed by atoms with Crippen molar-refractivity contribution in [3.05, 3.63) is 0 Å². The molecule has 0 aromatic carbocycles. The fraction of sp³-hybridized carbons (Fsp3) is 0.900. The first kappa shape index (κ1) is 9.00. The van der Waals surface area contributed by atoms with Gasteiger partial charge < -0.3 is 10.4 Å². The molecule has 1 heterocycles. The highest BCUT2D eigenvalue weighted by Crippen LogP contribution is 2.45. The molecule has 0 aromatic rings. The minimum atomic E-state index is 0.101. The van der Waals surface area contributed by atoms with Gasteiger partial charge in [-0.25, -0.2) is 0 Å². The van der Waals surface area contributed by atoms with Gasteiger partial charge in [-0.05, 0) is 18.8 Å². The van der Waals surface area contributed by atoms with Crippen LogP contribution in [0.3, 0.4) is 0 Å². The molecule has 2 N–H and O–H groups in total. The highest BCUT2D eigenvalue weighted by atomic mass is 16.3. The molecule has 2 unspecified atom stereocenters. The Morgan fingerprint density at radius 3 is 3.00 bits per heavy atom. The van der Waals surface area contributed by atoms with Crippen LogP contribution in [0, 0.1) is 11.3 Å². The van der Waals surface area contributed by atoms with Crippen LogP contribution >= 0.6 is 0 Å². The molecular weight excluding hydrogens is 166 g/mol. The van der Waals surface area contributed by atoms with Crippen LogP contribution in [0.1, 0.15) is 32.1 Å². The molecule has 3 heteroatoms. The van der Waals surface area contributed by atoms with Crippen LogP contribution in [-0.2, 0) is 4.79 Å². The minimum absolute atomic E-state index is 0.101. The lowest BCUT2D eigenvalue weighted by atomic mass is 9.66. The van der Waals surface area contributed by atoms with Gasteiger partial charge in [0.2, 0.25) is 5.91 Å². The molecule has 13 heavy (non-hydrogen) atoms. The average molecular weight is 183 g/mol. The average Bonchev–Trinajstić information content (AvgIpc) is 2.49. The predicted octanol–water partition coefficient (Wildman–Crippen LogP) is 0.675. The molecule has 1 aliphatic carbocycles. The van der Waals surface area contributed by atoms with Crippen molar-refractivity contribution in [2.75, 3.05) is 13.2 Å². The molecule has 1 saturated heterocycles. The lowest BCUT2D eigenvalue weighted by molar-refractivity contribution is -0.120. The summed E-state index contributed by atoms with van der Waals surface area (Å²) in [6, 6.07) is 0. The van der Waals surface area contributed by atoms with E-state index in [1.165, 1.54) is 12.8 Å². The highest BCUT2D eigenvalue weighted by molar-refractivity contribution is 5.79. The molecular formula is C10H17NO2. The Labute approximate surface area is 78.5 Å². The van der Waals surface area contributed by atoms with Gasteiger partial charge in [0.05, 0.1) is 0 Å². The summed E-state index contributed by atoms with van der Waals surface area (Å²) in [5.41, 5.74) is 0.101. The number of aliphatic hydroxyl groups excluding tert-OH is 1. The van der Waals surface area contributed by atoms with Crippen molar-refractivity contribution in [1.29, 1.82) is 0 Å². The molecule has 2 atom stereocenters. The van der Waals surface area contributed by atoms with Crippen LogP contribution in [0.2, 0.25) is 0 Å². The molecule has 1 amide bonds. The van der Waals surface area contributed by atoms with Crippen molar-refractivity contribution >= 4 is 5.91 Å². The standard InChI is InChI=1S/C10H17NO2/c12-6-8-3-1-2-4-10(8)5-9(13)11-7-10/h8,12H,1-7H2,(H,11,13). The summed E-state index contributed by atoms with van der Waals surface area (Å²) in [4.78, 5) is 11.2.